The van der Waals surface area contributed by atoms with E-state index in [4.69, 9.17) is 20.9 Å². The minimum absolute atomic E-state index is 0.0667. The molecule has 4 rings (SSSR count). The predicted octanol–water partition coefficient (Wildman–Crippen LogP) is 0.550. The zero-order chi connectivity index (χ0) is 23.6. The maximum Gasteiger partial charge on any atom is 0.349 e. The molecule has 1 spiro atoms. The van der Waals surface area contributed by atoms with Crippen LogP contribution in [-0.4, -0.2) is 69.5 Å². The molecule has 178 valence electrons. The number of nitrogen functional groups attached to an aromatic ring is 1. The van der Waals surface area contributed by atoms with E-state index in [9.17, 15) is 14.7 Å². The number of rotatable bonds is 5. The van der Waals surface area contributed by atoms with Crippen LogP contribution >= 0.6 is 0 Å². The first-order chi connectivity index (χ1) is 15.7. The van der Waals surface area contributed by atoms with Gasteiger partial charge in [-0.25, -0.2) is 4.79 Å². The molecule has 2 atom stereocenters. The van der Waals surface area contributed by atoms with Crippen molar-refractivity contribution in [3.05, 3.63) is 52.6 Å². The van der Waals surface area contributed by atoms with E-state index in [0.717, 1.165) is 0 Å². The van der Waals surface area contributed by atoms with Gasteiger partial charge in [0.2, 0.25) is 0 Å². The van der Waals surface area contributed by atoms with Crippen LogP contribution in [0.2, 0.25) is 0 Å². The lowest BCUT2D eigenvalue weighted by molar-refractivity contribution is -0.195. The number of nitrogens with two attached hydrogens (primary N) is 2. The van der Waals surface area contributed by atoms with Gasteiger partial charge in [-0.2, -0.15) is 4.98 Å². The molecule has 10 heteroatoms. The molecule has 1 amide bonds. The highest BCUT2D eigenvalue weighted by Gasteiger charge is 2.50. The van der Waals surface area contributed by atoms with Gasteiger partial charge in [0, 0.05) is 37.8 Å². The molecule has 2 aliphatic heterocycles. The van der Waals surface area contributed by atoms with E-state index >= 15 is 0 Å². The summed E-state index contributed by atoms with van der Waals surface area (Å²) in [6, 6.07) is 8.05. The predicted molar refractivity (Wildman–Crippen MR) is 122 cm³/mol. The van der Waals surface area contributed by atoms with Crippen molar-refractivity contribution >= 4 is 11.7 Å². The summed E-state index contributed by atoms with van der Waals surface area (Å²) in [5.74, 6) is 0.686. The van der Waals surface area contributed by atoms with Gasteiger partial charge in [-0.3, -0.25) is 9.36 Å². The minimum Gasteiger partial charge on any atom is -0.492 e. The molecule has 0 unspecified atom stereocenters. The highest BCUT2D eigenvalue weighted by molar-refractivity contribution is 5.94. The van der Waals surface area contributed by atoms with E-state index in [-0.39, 0.29) is 18.3 Å². The largest absolute Gasteiger partial charge is 0.492 e. The zero-order valence-electron chi connectivity index (χ0n) is 18.8. The molecule has 2 aliphatic rings. The highest BCUT2D eigenvalue weighted by atomic mass is 16.5. The number of anilines is 1. The van der Waals surface area contributed by atoms with Crippen LogP contribution in [0.25, 0.3) is 0 Å². The van der Waals surface area contributed by atoms with E-state index in [1.54, 1.807) is 36.1 Å². The number of piperidine rings is 1. The van der Waals surface area contributed by atoms with E-state index in [1.807, 2.05) is 0 Å². The summed E-state index contributed by atoms with van der Waals surface area (Å²) >= 11 is 0. The minimum atomic E-state index is -1.18. The number of nitrogens with zero attached hydrogens (tertiary/aromatic N) is 3. The summed E-state index contributed by atoms with van der Waals surface area (Å²) in [6.45, 7) is 3.71. The Bertz CT molecular complexity index is 1060. The topological polar surface area (TPSA) is 146 Å². The second-order valence-corrected chi connectivity index (χ2v) is 9.04. The van der Waals surface area contributed by atoms with Crippen molar-refractivity contribution in [2.24, 2.45) is 5.73 Å². The molecule has 0 saturated carbocycles. The first kappa shape index (κ1) is 23.2. The van der Waals surface area contributed by atoms with Crippen molar-refractivity contribution in [2.45, 2.75) is 43.4 Å². The molecule has 2 aromatic rings. The maximum atomic E-state index is 13.0. The average molecular weight is 458 g/mol. The second kappa shape index (κ2) is 9.12. The number of likely N-dealkylation sites (tertiary alicyclic amines) is 1. The SMILES string of the molecule is C[C@]1(O)CC2(CCN(C(=O)c3cccc(OCCN)c3)CC2)OC[C@@H]1n1ccc(N)nc1=O. The van der Waals surface area contributed by atoms with Crippen LogP contribution in [0.15, 0.2) is 41.3 Å². The first-order valence-electron chi connectivity index (χ1n) is 11.2. The molecule has 3 heterocycles. The molecule has 0 aliphatic carbocycles. The van der Waals surface area contributed by atoms with E-state index in [2.05, 4.69) is 4.98 Å². The molecule has 10 nitrogen and oxygen atoms in total. The van der Waals surface area contributed by atoms with Gasteiger partial charge >= 0.3 is 5.69 Å². The van der Waals surface area contributed by atoms with E-state index < -0.39 is 22.9 Å². The normalized spacial score (nSPS) is 24.6. The number of carbonyl (C=O) groups is 1. The van der Waals surface area contributed by atoms with Crippen molar-refractivity contribution in [2.75, 3.05) is 38.6 Å². The van der Waals surface area contributed by atoms with Gasteiger partial charge in [0.1, 0.15) is 18.2 Å². The van der Waals surface area contributed by atoms with E-state index in [0.29, 0.717) is 56.8 Å². The number of ether oxygens (including phenoxy) is 2. The summed E-state index contributed by atoms with van der Waals surface area (Å²) in [5.41, 5.74) is 9.38. The molecular formula is C23H31N5O5. The summed E-state index contributed by atoms with van der Waals surface area (Å²) in [5, 5.41) is 11.3. The molecule has 0 bridgehead atoms. The Kier molecular flexibility index (Phi) is 6.42. The Morgan fingerprint density at radius 1 is 1.33 bits per heavy atom. The van der Waals surface area contributed by atoms with Gasteiger partial charge in [-0.1, -0.05) is 6.07 Å². The van der Waals surface area contributed by atoms with E-state index in [1.165, 1.54) is 16.8 Å². The number of carbonyl (C=O) groups excluding carboxylic acids is 1. The molecular weight excluding hydrogens is 426 g/mol. The second-order valence-electron chi connectivity index (χ2n) is 9.04. The fraction of sp³-hybridized carbons (Fsp3) is 0.522. The number of hydrogen-bond acceptors (Lipinski definition) is 8. The van der Waals surface area contributed by atoms with Crippen LogP contribution in [0.1, 0.15) is 42.6 Å². The van der Waals surface area contributed by atoms with Gasteiger partial charge in [0.25, 0.3) is 5.91 Å². The Labute approximate surface area is 192 Å². The smallest absolute Gasteiger partial charge is 0.349 e. The third kappa shape index (κ3) is 4.87. The Hall–Kier alpha value is -2.95. The third-order valence-corrected chi connectivity index (χ3v) is 6.56. The Morgan fingerprint density at radius 3 is 2.76 bits per heavy atom. The fourth-order valence-electron chi connectivity index (χ4n) is 4.82. The van der Waals surface area contributed by atoms with Crippen LogP contribution in [0.3, 0.4) is 0 Å². The van der Waals surface area contributed by atoms with Crippen LogP contribution in [0.4, 0.5) is 5.82 Å². The van der Waals surface area contributed by atoms with Crippen molar-refractivity contribution in [1.82, 2.24) is 14.5 Å². The van der Waals surface area contributed by atoms with Gasteiger partial charge < -0.3 is 30.9 Å². The van der Waals surface area contributed by atoms with Gasteiger partial charge in [-0.05, 0) is 44.0 Å². The lowest BCUT2D eigenvalue weighted by Crippen LogP contribution is -2.59. The molecule has 1 aromatic heterocycles. The Balaban J connectivity index is 1.41. The quantitative estimate of drug-likeness (QED) is 0.590. The summed E-state index contributed by atoms with van der Waals surface area (Å²) < 4.78 is 13.1. The van der Waals surface area contributed by atoms with Crippen LogP contribution in [0.5, 0.6) is 5.75 Å². The zero-order valence-corrected chi connectivity index (χ0v) is 18.8. The molecule has 33 heavy (non-hydrogen) atoms. The molecule has 2 saturated heterocycles. The summed E-state index contributed by atoms with van der Waals surface area (Å²) in [4.78, 5) is 30.9. The lowest BCUT2D eigenvalue weighted by atomic mass is 9.75. The number of benzene rings is 1. The summed E-state index contributed by atoms with van der Waals surface area (Å²) in [6.07, 6.45) is 3.09. The number of aliphatic hydroxyl groups is 1. The number of hydrogen-bond donors (Lipinski definition) is 3. The maximum absolute atomic E-state index is 13.0. The standard InChI is InChI=1S/C23H31N5O5/c1-22(31)15-23(33-14-18(22)28-9-5-19(25)26-21(28)30)6-10-27(11-7-23)20(29)16-3-2-4-17(13-16)32-12-8-24/h2-5,9,13,18,31H,6-8,10-12,14-15,24H2,1H3,(H2,25,26,30)/t18-,22-/m0/s1. The number of amides is 1. The van der Waals surface area contributed by atoms with Crippen LogP contribution in [-0.2, 0) is 4.74 Å². The monoisotopic (exact) mass is 457 g/mol. The summed E-state index contributed by atoms with van der Waals surface area (Å²) in [7, 11) is 0. The van der Waals surface area contributed by atoms with Gasteiger partial charge in [0.15, 0.2) is 0 Å². The van der Waals surface area contributed by atoms with Crippen LogP contribution < -0.4 is 21.9 Å². The van der Waals surface area contributed by atoms with Crippen molar-refractivity contribution in [3.8, 4) is 5.75 Å². The van der Waals surface area contributed by atoms with Crippen molar-refractivity contribution in [1.29, 1.82) is 0 Å². The highest BCUT2D eigenvalue weighted by Crippen LogP contribution is 2.43. The molecule has 2 fully saturated rings. The third-order valence-electron chi connectivity index (χ3n) is 6.56. The van der Waals surface area contributed by atoms with Crippen molar-refractivity contribution in [3.63, 3.8) is 0 Å². The van der Waals surface area contributed by atoms with Crippen LogP contribution in [0, 0.1) is 0 Å². The molecule has 1 aromatic carbocycles. The first-order valence-corrected chi connectivity index (χ1v) is 11.2. The lowest BCUT2D eigenvalue weighted by Gasteiger charge is -2.51. The molecule has 5 N–H and O–H groups in total. The average Bonchev–Trinajstić information content (AvgIpc) is 2.78. The molecule has 0 radical (unpaired) electrons. The number of aromatic nitrogens is 2. The van der Waals surface area contributed by atoms with Gasteiger partial charge in [0.05, 0.1) is 23.9 Å². The fourth-order valence-corrected chi connectivity index (χ4v) is 4.82. The Morgan fingerprint density at radius 2 is 2.09 bits per heavy atom. The van der Waals surface area contributed by atoms with Gasteiger partial charge in [-0.15, -0.1) is 0 Å². The van der Waals surface area contributed by atoms with Crippen molar-refractivity contribution < 1.29 is 19.4 Å².